The zero-order valence-electron chi connectivity index (χ0n) is 6.78. The predicted octanol–water partition coefficient (Wildman–Crippen LogP) is 3.20. The minimum Gasteiger partial charge on any atom is -0.0856 e. The number of rotatable bonds is 3. The van der Waals surface area contributed by atoms with Crippen LogP contribution in [0.3, 0.4) is 0 Å². The lowest BCUT2D eigenvalue weighted by molar-refractivity contribution is 0.632. The van der Waals surface area contributed by atoms with Crippen molar-refractivity contribution in [3.63, 3.8) is 0 Å². The van der Waals surface area contributed by atoms with Gasteiger partial charge in [0.05, 0.1) is 0 Å². The van der Waals surface area contributed by atoms with Crippen molar-refractivity contribution in [3.8, 4) is 0 Å². The van der Waals surface area contributed by atoms with Crippen molar-refractivity contribution in [2.24, 2.45) is 5.92 Å². The molecule has 0 spiro atoms. The standard InChI is InChI=1S/C9H17/c1-5-9(4)7-6-8(2)3/h6,9H,4-5,7H2,1-3H3. The summed E-state index contributed by atoms with van der Waals surface area (Å²) in [6.07, 6.45) is 4.57. The summed E-state index contributed by atoms with van der Waals surface area (Å²) in [5.41, 5.74) is 1.40. The third-order valence-electron chi connectivity index (χ3n) is 1.44. The summed E-state index contributed by atoms with van der Waals surface area (Å²) in [6, 6.07) is 0. The molecule has 0 aromatic rings. The van der Waals surface area contributed by atoms with E-state index in [1.54, 1.807) is 0 Å². The SMILES string of the molecule is [CH2]C(CC)CC=C(C)C. The smallest absolute Gasteiger partial charge is 0.0320 e. The topological polar surface area (TPSA) is 0 Å². The van der Waals surface area contributed by atoms with Crippen LogP contribution in [0.2, 0.25) is 0 Å². The van der Waals surface area contributed by atoms with Crippen LogP contribution < -0.4 is 0 Å². The maximum Gasteiger partial charge on any atom is -0.0320 e. The van der Waals surface area contributed by atoms with Gasteiger partial charge < -0.3 is 0 Å². The van der Waals surface area contributed by atoms with Gasteiger partial charge in [0.2, 0.25) is 0 Å². The minimum absolute atomic E-state index is 0.611. The summed E-state index contributed by atoms with van der Waals surface area (Å²) >= 11 is 0. The Balaban J connectivity index is 3.37. The second kappa shape index (κ2) is 4.60. The van der Waals surface area contributed by atoms with Crippen LogP contribution in [0.5, 0.6) is 0 Å². The molecule has 0 amide bonds. The van der Waals surface area contributed by atoms with Gasteiger partial charge in [0.15, 0.2) is 0 Å². The number of hydrogen-bond acceptors (Lipinski definition) is 0. The lowest BCUT2D eigenvalue weighted by atomic mass is 10.0. The highest BCUT2D eigenvalue weighted by Crippen LogP contribution is 2.07. The van der Waals surface area contributed by atoms with Crippen LogP contribution in [0, 0.1) is 12.8 Å². The molecule has 1 radical (unpaired) electrons. The molecule has 0 aromatic heterocycles. The highest BCUT2D eigenvalue weighted by atomic mass is 14.0. The molecule has 0 aromatic carbocycles. The van der Waals surface area contributed by atoms with Crippen molar-refractivity contribution in [2.45, 2.75) is 33.6 Å². The fourth-order valence-electron chi connectivity index (χ4n) is 0.569. The molecule has 53 valence electrons. The molecule has 0 heteroatoms. The third-order valence-corrected chi connectivity index (χ3v) is 1.44. The Kier molecular flexibility index (Phi) is 4.47. The molecule has 0 saturated heterocycles. The van der Waals surface area contributed by atoms with E-state index in [9.17, 15) is 0 Å². The van der Waals surface area contributed by atoms with Crippen molar-refractivity contribution in [1.29, 1.82) is 0 Å². The monoisotopic (exact) mass is 125 g/mol. The molecule has 9 heavy (non-hydrogen) atoms. The van der Waals surface area contributed by atoms with Gasteiger partial charge in [-0.05, 0) is 33.1 Å². The van der Waals surface area contributed by atoms with Crippen LogP contribution in [0.4, 0.5) is 0 Å². The highest BCUT2D eigenvalue weighted by molar-refractivity contribution is 4.94. The van der Waals surface area contributed by atoms with Crippen LogP contribution in [0.25, 0.3) is 0 Å². The molecule has 0 fully saturated rings. The molecule has 1 atom stereocenters. The van der Waals surface area contributed by atoms with Crippen molar-refractivity contribution >= 4 is 0 Å². The molecule has 1 unspecified atom stereocenters. The lowest BCUT2D eigenvalue weighted by Crippen LogP contribution is -1.88. The largest absolute Gasteiger partial charge is 0.0856 e. The van der Waals surface area contributed by atoms with Crippen LogP contribution >= 0.6 is 0 Å². The van der Waals surface area contributed by atoms with E-state index in [0.29, 0.717) is 5.92 Å². The minimum atomic E-state index is 0.611. The van der Waals surface area contributed by atoms with Gasteiger partial charge >= 0.3 is 0 Å². The molecular formula is C9H17. The summed E-state index contributed by atoms with van der Waals surface area (Å²) in [6.45, 7) is 10.4. The first-order chi connectivity index (χ1) is 4.16. The zero-order valence-corrected chi connectivity index (χ0v) is 6.78. The number of allylic oxidation sites excluding steroid dienone is 2. The van der Waals surface area contributed by atoms with Gasteiger partial charge in [0, 0.05) is 0 Å². The molecule has 0 bridgehead atoms. The number of hydrogen-bond donors (Lipinski definition) is 0. The summed E-state index contributed by atoms with van der Waals surface area (Å²) < 4.78 is 0. The first-order valence-electron chi connectivity index (χ1n) is 3.63. The molecule has 0 aliphatic heterocycles. The highest BCUT2D eigenvalue weighted by Gasteiger charge is 1.93. The first-order valence-corrected chi connectivity index (χ1v) is 3.63. The predicted molar refractivity (Wildman–Crippen MR) is 43.2 cm³/mol. The van der Waals surface area contributed by atoms with Crippen molar-refractivity contribution in [2.75, 3.05) is 0 Å². The maximum absolute atomic E-state index is 3.98. The summed E-state index contributed by atoms with van der Waals surface area (Å²) in [5, 5.41) is 0. The Morgan fingerprint density at radius 3 is 2.44 bits per heavy atom. The van der Waals surface area contributed by atoms with Gasteiger partial charge in [-0.2, -0.15) is 0 Å². The van der Waals surface area contributed by atoms with Gasteiger partial charge in [-0.1, -0.05) is 25.0 Å². The Labute approximate surface area is 59.0 Å². The lowest BCUT2D eigenvalue weighted by Gasteiger charge is -2.02. The Bertz CT molecular complexity index is 86.2. The van der Waals surface area contributed by atoms with Gasteiger partial charge in [-0.25, -0.2) is 0 Å². The molecule has 0 aliphatic carbocycles. The normalized spacial score (nSPS) is 12.9. The van der Waals surface area contributed by atoms with E-state index < -0.39 is 0 Å². The van der Waals surface area contributed by atoms with Gasteiger partial charge in [0.1, 0.15) is 0 Å². The van der Waals surface area contributed by atoms with Gasteiger partial charge in [-0.3, -0.25) is 0 Å². The molecule has 0 heterocycles. The van der Waals surface area contributed by atoms with Crippen molar-refractivity contribution in [3.05, 3.63) is 18.6 Å². The van der Waals surface area contributed by atoms with Gasteiger partial charge in [-0.15, -0.1) is 0 Å². The van der Waals surface area contributed by atoms with E-state index >= 15 is 0 Å². The van der Waals surface area contributed by atoms with E-state index in [0.717, 1.165) is 6.42 Å². The molecular weight excluding hydrogens is 108 g/mol. The Hall–Kier alpha value is -0.260. The Morgan fingerprint density at radius 2 is 2.11 bits per heavy atom. The second-order valence-corrected chi connectivity index (χ2v) is 2.79. The Morgan fingerprint density at radius 1 is 1.56 bits per heavy atom. The van der Waals surface area contributed by atoms with Crippen molar-refractivity contribution < 1.29 is 0 Å². The molecule has 0 aliphatic rings. The van der Waals surface area contributed by atoms with Crippen molar-refractivity contribution in [1.82, 2.24) is 0 Å². The van der Waals surface area contributed by atoms with E-state index in [4.69, 9.17) is 0 Å². The van der Waals surface area contributed by atoms with E-state index in [1.165, 1.54) is 12.0 Å². The average Bonchev–Trinajstić information content (AvgIpc) is 1.83. The van der Waals surface area contributed by atoms with Crippen LogP contribution in [-0.4, -0.2) is 0 Å². The fraction of sp³-hybridized carbons (Fsp3) is 0.667. The van der Waals surface area contributed by atoms with E-state index in [2.05, 4.69) is 33.8 Å². The molecule has 0 saturated carbocycles. The molecule has 0 N–H and O–H groups in total. The second-order valence-electron chi connectivity index (χ2n) is 2.79. The summed E-state index contributed by atoms with van der Waals surface area (Å²) in [7, 11) is 0. The van der Waals surface area contributed by atoms with Crippen LogP contribution in [0.1, 0.15) is 33.6 Å². The maximum atomic E-state index is 3.98. The van der Waals surface area contributed by atoms with Crippen LogP contribution in [0.15, 0.2) is 11.6 Å². The average molecular weight is 125 g/mol. The zero-order chi connectivity index (χ0) is 7.28. The summed E-state index contributed by atoms with van der Waals surface area (Å²) in [4.78, 5) is 0. The molecule has 0 rings (SSSR count). The fourth-order valence-corrected chi connectivity index (χ4v) is 0.569. The summed E-state index contributed by atoms with van der Waals surface area (Å²) in [5.74, 6) is 0.611. The van der Waals surface area contributed by atoms with Gasteiger partial charge in [0.25, 0.3) is 0 Å². The van der Waals surface area contributed by atoms with E-state index in [-0.39, 0.29) is 0 Å². The van der Waals surface area contributed by atoms with E-state index in [1.807, 2.05) is 0 Å². The first kappa shape index (κ1) is 8.74. The third kappa shape index (κ3) is 5.61. The van der Waals surface area contributed by atoms with Crippen LogP contribution in [-0.2, 0) is 0 Å². The quantitative estimate of drug-likeness (QED) is 0.508. The molecule has 0 nitrogen and oxygen atoms in total.